The summed E-state index contributed by atoms with van der Waals surface area (Å²) in [4.78, 5) is 1.02. The molecule has 0 aliphatic carbocycles. The average Bonchev–Trinajstić information content (AvgIpc) is 2.85. The van der Waals surface area contributed by atoms with Gasteiger partial charge in [0.15, 0.2) is 5.01 Å². The Bertz CT molecular complexity index is 447. The van der Waals surface area contributed by atoms with Crippen molar-refractivity contribution in [2.45, 2.75) is 26.3 Å². The van der Waals surface area contributed by atoms with Crippen LogP contribution in [0.25, 0.3) is 9.88 Å². The van der Waals surface area contributed by atoms with Gasteiger partial charge in [-0.2, -0.15) is 0 Å². The number of nitrogens with two attached hydrogens (primary N) is 1. The molecule has 5 nitrogen and oxygen atoms in total. The zero-order valence-electron chi connectivity index (χ0n) is 8.47. The number of hydrogen-bond acceptors (Lipinski definition) is 7. The van der Waals surface area contributed by atoms with Crippen LogP contribution in [-0.2, 0) is 6.54 Å². The van der Waals surface area contributed by atoms with Gasteiger partial charge in [0, 0.05) is 6.54 Å². The lowest BCUT2D eigenvalue weighted by Gasteiger charge is -1.99. The van der Waals surface area contributed by atoms with Crippen LogP contribution < -0.4 is 5.73 Å². The van der Waals surface area contributed by atoms with Crippen LogP contribution in [0.15, 0.2) is 0 Å². The molecule has 7 heteroatoms. The second-order valence-corrected chi connectivity index (χ2v) is 5.16. The Morgan fingerprint density at radius 1 is 1.27 bits per heavy atom. The van der Waals surface area contributed by atoms with Crippen LogP contribution >= 0.6 is 22.9 Å². The summed E-state index contributed by atoms with van der Waals surface area (Å²) in [7, 11) is 0. The van der Waals surface area contributed by atoms with Crippen LogP contribution in [0.1, 0.15) is 30.5 Å². The van der Waals surface area contributed by atoms with Crippen molar-refractivity contribution >= 4 is 22.9 Å². The minimum Gasteiger partial charge on any atom is -0.324 e. The molecule has 2 rings (SSSR count). The van der Waals surface area contributed by atoms with Crippen LogP contribution in [0.4, 0.5) is 0 Å². The molecule has 0 fully saturated rings. The molecule has 0 saturated heterocycles. The van der Waals surface area contributed by atoms with E-state index < -0.39 is 0 Å². The normalized spacial score (nSPS) is 11.2. The maximum Gasteiger partial charge on any atom is 0.161 e. The summed E-state index contributed by atoms with van der Waals surface area (Å²) >= 11 is 2.87. The van der Waals surface area contributed by atoms with Gasteiger partial charge in [-0.05, 0) is 17.5 Å². The first kappa shape index (κ1) is 10.6. The SMILES string of the molecule is CC(C)c1nnsc1-c1nnc(CN)s1. The zero-order valence-corrected chi connectivity index (χ0v) is 10.1. The third-order valence-electron chi connectivity index (χ3n) is 1.90. The predicted octanol–water partition coefficient (Wildman–Crippen LogP) is 1.64. The van der Waals surface area contributed by atoms with Crippen LogP contribution in [-0.4, -0.2) is 19.8 Å². The summed E-state index contributed by atoms with van der Waals surface area (Å²) in [5, 5.41) is 13.9. The van der Waals surface area contributed by atoms with E-state index in [0.29, 0.717) is 12.5 Å². The molecule has 0 aliphatic heterocycles. The summed E-state index contributed by atoms with van der Waals surface area (Å²) in [5.41, 5.74) is 6.48. The average molecular weight is 241 g/mol. The predicted molar refractivity (Wildman–Crippen MR) is 60.8 cm³/mol. The van der Waals surface area contributed by atoms with Gasteiger partial charge >= 0.3 is 0 Å². The Morgan fingerprint density at radius 2 is 2.07 bits per heavy atom. The molecule has 2 heterocycles. The van der Waals surface area contributed by atoms with E-state index in [9.17, 15) is 0 Å². The maximum atomic E-state index is 5.49. The summed E-state index contributed by atoms with van der Waals surface area (Å²) in [5.74, 6) is 0.351. The lowest BCUT2D eigenvalue weighted by atomic mass is 10.1. The summed E-state index contributed by atoms with van der Waals surface area (Å²) < 4.78 is 3.95. The quantitative estimate of drug-likeness (QED) is 0.883. The maximum absolute atomic E-state index is 5.49. The van der Waals surface area contributed by atoms with Crippen molar-refractivity contribution in [2.24, 2.45) is 5.73 Å². The van der Waals surface area contributed by atoms with Gasteiger partial charge in [-0.1, -0.05) is 29.7 Å². The molecule has 0 bridgehead atoms. The first-order chi connectivity index (χ1) is 7.22. The first-order valence-electron chi connectivity index (χ1n) is 4.57. The molecule has 0 amide bonds. The molecule has 80 valence electrons. The standard InChI is InChI=1S/C8H11N5S2/c1-4(2)6-7(15-13-11-6)8-12-10-5(3-9)14-8/h4H,3,9H2,1-2H3. The van der Waals surface area contributed by atoms with Gasteiger partial charge in [-0.15, -0.1) is 15.3 Å². The van der Waals surface area contributed by atoms with Gasteiger partial charge < -0.3 is 5.73 Å². The van der Waals surface area contributed by atoms with Crippen LogP contribution in [0.5, 0.6) is 0 Å². The highest BCUT2D eigenvalue weighted by atomic mass is 32.1. The fourth-order valence-electron chi connectivity index (χ4n) is 1.15. The van der Waals surface area contributed by atoms with Crippen molar-refractivity contribution in [1.29, 1.82) is 0 Å². The third kappa shape index (κ3) is 2.04. The van der Waals surface area contributed by atoms with Crippen molar-refractivity contribution in [3.05, 3.63) is 10.7 Å². The van der Waals surface area contributed by atoms with Gasteiger partial charge in [0.2, 0.25) is 0 Å². The monoisotopic (exact) mass is 241 g/mol. The van der Waals surface area contributed by atoms with E-state index in [1.165, 1.54) is 22.9 Å². The van der Waals surface area contributed by atoms with Gasteiger partial charge in [0.25, 0.3) is 0 Å². The molecule has 0 unspecified atom stereocenters. The minimum absolute atomic E-state index is 0.351. The highest BCUT2D eigenvalue weighted by molar-refractivity contribution is 7.19. The Morgan fingerprint density at radius 3 is 2.67 bits per heavy atom. The Hall–Kier alpha value is -0.920. The van der Waals surface area contributed by atoms with Crippen molar-refractivity contribution in [2.75, 3.05) is 0 Å². The van der Waals surface area contributed by atoms with Crippen molar-refractivity contribution < 1.29 is 0 Å². The molecular weight excluding hydrogens is 230 g/mol. The van der Waals surface area contributed by atoms with Gasteiger partial charge in [-0.3, -0.25) is 0 Å². The van der Waals surface area contributed by atoms with Crippen molar-refractivity contribution in [3.63, 3.8) is 0 Å². The van der Waals surface area contributed by atoms with Gasteiger partial charge in [0.1, 0.15) is 9.88 Å². The van der Waals surface area contributed by atoms with Gasteiger partial charge in [-0.25, -0.2) is 0 Å². The molecule has 0 aliphatic rings. The Labute approximate surface area is 95.5 Å². The molecular formula is C8H11N5S2. The van der Waals surface area contributed by atoms with E-state index in [0.717, 1.165) is 20.6 Å². The van der Waals surface area contributed by atoms with Gasteiger partial charge in [0.05, 0.1) is 5.69 Å². The summed E-state index contributed by atoms with van der Waals surface area (Å²) in [6.07, 6.45) is 0. The second kappa shape index (κ2) is 4.30. The number of rotatable bonds is 3. The van der Waals surface area contributed by atoms with Crippen LogP contribution in [0, 0.1) is 0 Å². The smallest absolute Gasteiger partial charge is 0.161 e. The van der Waals surface area contributed by atoms with E-state index in [1.54, 1.807) is 0 Å². The number of aromatic nitrogens is 4. The first-order valence-corrected chi connectivity index (χ1v) is 6.16. The fourth-order valence-corrected chi connectivity index (χ4v) is 2.75. The van der Waals surface area contributed by atoms with Crippen LogP contribution in [0.2, 0.25) is 0 Å². The highest BCUT2D eigenvalue weighted by Crippen LogP contribution is 2.32. The van der Waals surface area contributed by atoms with E-state index in [-0.39, 0.29) is 0 Å². The summed E-state index contributed by atoms with van der Waals surface area (Å²) in [6, 6.07) is 0. The fraction of sp³-hybridized carbons (Fsp3) is 0.500. The number of nitrogens with zero attached hydrogens (tertiary/aromatic N) is 4. The molecule has 15 heavy (non-hydrogen) atoms. The molecule has 0 atom stereocenters. The molecule has 2 aromatic heterocycles. The van der Waals surface area contributed by atoms with Crippen molar-refractivity contribution in [3.8, 4) is 9.88 Å². The topological polar surface area (TPSA) is 77.6 Å². The summed E-state index contributed by atoms with van der Waals surface area (Å²) in [6.45, 7) is 4.61. The minimum atomic E-state index is 0.351. The van der Waals surface area contributed by atoms with Crippen LogP contribution in [0.3, 0.4) is 0 Å². The molecule has 0 spiro atoms. The highest BCUT2D eigenvalue weighted by Gasteiger charge is 2.17. The van der Waals surface area contributed by atoms with E-state index in [2.05, 4.69) is 33.6 Å². The lowest BCUT2D eigenvalue weighted by molar-refractivity contribution is 0.813. The molecule has 2 aromatic rings. The third-order valence-corrected chi connectivity index (χ3v) is 3.74. The zero-order chi connectivity index (χ0) is 10.8. The van der Waals surface area contributed by atoms with E-state index in [1.807, 2.05) is 0 Å². The molecule has 0 radical (unpaired) electrons. The second-order valence-electron chi connectivity index (χ2n) is 3.35. The largest absolute Gasteiger partial charge is 0.324 e. The molecule has 0 saturated carbocycles. The molecule has 0 aromatic carbocycles. The van der Waals surface area contributed by atoms with Crippen molar-refractivity contribution in [1.82, 2.24) is 19.8 Å². The molecule has 2 N–H and O–H groups in total. The Kier molecular flexibility index (Phi) is 3.03. The van der Waals surface area contributed by atoms with E-state index in [4.69, 9.17) is 5.73 Å². The Balaban J connectivity index is 2.40. The lowest BCUT2D eigenvalue weighted by Crippen LogP contribution is -1.94. The van der Waals surface area contributed by atoms with E-state index >= 15 is 0 Å². The number of hydrogen-bond donors (Lipinski definition) is 1.